The van der Waals surface area contributed by atoms with Crippen molar-refractivity contribution in [1.29, 1.82) is 0 Å². The third-order valence-corrected chi connectivity index (χ3v) is 4.68. The maximum atomic E-state index is 9.54. The second-order valence-electron chi connectivity index (χ2n) is 5.09. The molecule has 1 saturated carbocycles. The van der Waals surface area contributed by atoms with Crippen LogP contribution < -0.4 is 5.32 Å². The molecule has 19 heavy (non-hydrogen) atoms. The van der Waals surface area contributed by atoms with Gasteiger partial charge >= 0.3 is 0 Å². The molecule has 0 aliphatic heterocycles. The van der Waals surface area contributed by atoms with E-state index in [9.17, 15) is 5.11 Å². The zero-order chi connectivity index (χ0) is 13.1. The molecule has 0 amide bonds. The molecule has 1 fully saturated rings. The van der Waals surface area contributed by atoms with Crippen LogP contribution in [0.3, 0.4) is 0 Å². The summed E-state index contributed by atoms with van der Waals surface area (Å²) >= 11 is 1.64. The van der Waals surface area contributed by atoms with Crippen LogP contribution in [-0.2, 0) is 6.54 Å². The van der Waals surface area contributed by atoms with Crippen LogP contribution in [0.2, 0.25) is 0 Å². The van der Waals surface area contributed by atoms with E-state index < -0.39 is 0 Å². The molecule has 4 nitrogen and oxygen atoms in total. The SMILES string of the molecule is OCC1(NCc2ncc(-c3cccs3)o2)CCCC1. The van der Waals surface area contributed by atoms with Crippen molar-refractivity contribution in [2.45, 2.75) is 37.8 Å². The number of aromatic nitrogens is 1. The predicted molar refractivity (Wildman–Crippen MR) is 74.9 cm³/mol. The van der Waals surface area contributed by atoms with E-state index in [2.05, 4.69) is 10.3 Å². The standard InChI is InChI=1S/C14H18N2O2S/c17-10-14(5-1-2-6-14)16-9-13-15-8-11(18-13)12-4-3-7-19-12/h3-4,7-8,16-17H,1-2,5-6,9-10H2. The zero-order valence-electron chi connectivity index (χ0n) is 10.8. The fourth-order valence-corrected chi connectivity index (χ4v) is 3.30. The summed E-state index contributed by atoms with van der Waals surface area (Å²) in [5.41, 5.74) is -0.127. The average Bonchev–Trinajstić information content (AvgIpc) is 3.17. The van der Waals surface area contributed by atoms with E-state index in [1.807, 2.05) is 17.5 Å². The van der Waals surface area contributed by atoms with Gasteiger partial charge in [0.1, 0.15) is 0 Å². The van der Waals surface area contributed by atoms with Crippen molar-refractivity contribution in [2.24, 2.45) is 0 Å². The molecule has 3 rings (SSSR count). The minimum Gasteiger partial charge on any atom is -0.438 e. The Balaban J connectivity index is 1.64. The molecule has 2 aromatic heterocycles. The smallest absolute Gasteiger partial charge is 0.208 e. The summed E-state index contributed by atoms with van der Waals surface area (Å²) in [5, 5.41) is 15.0. The summed E-state index contributed by atoms with van der Waals surface area (Å²) in [5.74, 6) is 1.50. The first-order valence-corrected chi connectivity index (χ1v) is 7.54. The number of thiophene rings is 1. The van der Waals surface area contributed by atoms with Gasteiger partial charge in [0.15, 0.2) is 5.76 Å². The Hall–Kier alpha value is -1.17. The number of aliphatic hydroxyl groups is 1. The van der Waals surface area contributed by atoms with Crippen molar-refractivity contribution < 1.29 is 9.52 Å². The average molecular weight is 278 g/mol. The number of nitrogens with zero attached hydrogens (tertiary/aromatic N) is 1. The molecule has 5 heteroatoms. The van der Waals surface area contributed by atoms with Gasteiger partial charge < -0.3 is 14.8 Å². The lowest BCUT2D eigenvalue weighted by atomic mass is 9.99. The highest BCUT2D eigenvalue weighted by atomic mass is 32.1. The number of rotatable bonds is 5. The third kappa shape index (κ3) is 2.73. The van der Waals surface area contributed by atoms with Crippen molar-refractivity contribution in [1.82, 2.24) is 10.3 Å². The van der Waals surface area contributed by atoms with Crippen molar-refractivity contribution in [3.8, 4) is 10.6 Å². The summed E-state index contributed by atoms with van der Waals surface area (Å²) in [6.07, 6.45) is 6.19. The van der Waals surface area contributed by atoms with Crippen LogP contribution >= 0.6 is 11.3 Å². The molecule has 2 heterocycles. The van der Waals surface area contributed by atoms with Crippen molar-refractivity contribution in [2.75, 3.05) is 6.61 Å². The third-order valence-electron chi connectivity index (χ3n) is 3.80. The molecule has 0 saturated heterocycles. The minimum absolute atomic E-state index is 0.127. The molecule has 0 atom stereocenters. The van der Waals surface area contributed by atoms with Gasteiger partial charge in [0, 0.05) is 5.54 Å². The van der Waals surface area contributed by atoms with Crippen LogP contribution in [0.25, 0.3) is 10.6 Å². The topological polar surface area (TPSA) is 58.3 Å². The Labute approximate surface area is 116 Å². The van der Waals surface area contributed by atoms with Crippen molar-refractivity contribution >= 4 is 11.3 Å². The summed E-state index contributed by atoms with van der Waals surface area (Å²) in [7, 11) is 0. The summed E-state index contributed by atoms with van der Waals surface area (Å²) < 4.78 is 5.73. The van der Waals surface area contributed by atoms with E-state index in [-0.39, 0.29) is 12.1 Å². The van der Waals surface area contributed by atoms with Gasteiger partial charge in [-0.2, -0.15) is 0 Å². The predicted octanol–water partition coefficient (Wildman–Crippen LogP) is 2.80. The Morgan fingerprint density at radius 2 is 2.26 bits per heavy atom. The van der Waals surface area contributed by atoms with Gasteiger partial charge in [0.2, 0.25) is 5.89 Å². The Bertz CT molecular complexity index is 515. The van der Waals surface area contributed by atoms with Gasteiger partial charge in [-0.25, -0.2) is 4.98 Å². The largest absolute Gasteiger partial charge is 0.438 e. The molecule has 0 radical (unpaired) electrons. The van der Waals surface area contributed by atoms with Gasteiger partial charge in [0.25, 0.3) is 0 Å². The van der Waals surface area contributed by atoms with E-state index >= 15 is 0 Å². The number of hydrogen-bond acceptors (Lipinski definition) is 5. The van der Waals surface area contributed by atoms with Crippen LogP contribution in [0.5, 0.6) is 0 Å². The first kappa shape index (κ1) is 12.8. The lowest BCUT2D eigenvalue weighted by Crippen LogP contribution is -2.45. The van der Waals surface area contributed by atoms with Crippen molar-refractivity contribution in [3.05, 3.63) is 29.6 Å². The van der Waals surface area contributed by atoms with Crippen LogP contribution in [0.1, 0.15) is 31.6 Å². The van der Waals surface area contributed by atoms with E-state index in [0.717, 1.165) is 23.5 Å². The quantitative estimate of drug-likeness (QED) is 0.883. The van der Waals surface area contributed by atoms with Gasteiger partial charge in [-0.1, -0.05) is 18.9 Å². The molecule has 0 bridgehead atoms. The Kier molecular flexibility index (Phi) is 3.68. The van der Waals surface area contributed by atoms with Gasteiger partial charge in [-0.05, 0) is 24.3 Å². The fourth-order valence-electron chi connectivity index (χ4n) is 2.63. The monoisotopic (exact) mass is 278 g/mol. The molecule has 2 N–H and O–H groups in total. The molecule has 2 aromatic rings. The van der Waals surface area contributed by atoms with Crippen LogP contribution in [0.15, 0.2) is 28.1 Å². The number of nitrogens with one attached hydrogen (secondary N) is 1. The van der Waals surface area contributed by atoms with Crippen LogP contribution in [-0.4, -0.2) is 22.2 Å². The highest BCUT2D eigenvalue weighted by Gasteiger charge is 2.32. The summed E-state index contributed by atoms with van der Waals surface area (Å²) in [6.45, 7) is 0.761. The molecule has 1 aliphatic carbocycles. The maximum absolute atomic E-state index is 9.54. The first-order chi connectivity index (χ1) is 9.31. The van der Waals surface area contributed by atoms with Crippen LogP contribution in [0.4, 0.5) is 0 Å². The van der Waals surface area contributed by atoms with Gasteiger partial charge in [-0.15, -0.1) is 11.3 Å². The van der Waals surface area contributed by atoms with E-state index in [1.165, 1.54) is 12.8 Å². The highest BCUT2D eigenvalue weighted by Crippen LogP contribution is 2.30. The fraction of sp³-hybridized carbons (Fsp3) is 0.500. The summed E-state index contributed by atoms with van der Waals surface area (Å²) in [6, 6.07) is 4.02. The van der Waals surface area contributed by atoms with Crippen molar-refractivity contribution in [3.63, 3.8) is 0 Å². The lowest BCUT2D eigenvalue weighted by Gasteiger charge is -2.27. The maximum Gasteiger partial charge on any atom is 0.208 e. The molecule has 102 valence electrons. The molecule has 0 aromatic carbocycles. The normalized spacial score (nSPS) is 17.9. The summed E-state index contributed by atoms with van der Waals surface area (Å²) in [4.78, 5) is 5.39. The molecule has 0 unspecified atom stereocenters. The Morgan fingerprint density at radius 1 is 1.42 bits per heavy atom. The molecular formula is C14H18N2O2S. The lowest BCUT2D eigenvalue weighted by molar-refractivity contribution is 0.159. The minimum atomic E-state index is -0.127. The first-order valence-electron chi connectivity index (χ1n) is 6.66. The molecular weight excluding hydrogens is 260 g/mol. The zero-order valence-corrected chi connectivity index (χ0v) is 11.6. The number of hydrogen-bond donors (Lipinski definition) is 2. The van der Waals surface area contributed by atoms with Gasteiger partial charge in [0.05, 0.1) is 24.2 Å². The second-order valence-corrected chi connectivity index (χ2v) is 6.04. The van der Waals surface area contributed by atoms with E-state index in [1.54, 1.807) is 17.5 Å². The molecule has 0 spiro atoms. The second kappa shape index (κ2) is 5.45. The number of aliphatic hydroxyl groups excluding tert-OH is 1. The highest BCUT2D eigenvalue weighted by molar-refractivity contribution is 7.13. The Morgan fingerprint density at radius 3 is 2.95 bits per heavy atom. The van der Waals surface area contributed by atoms with E-state index in [4.69, 9.17) is 4.42 Å². The number of oxazole rings is 1. The van der Waals surface area contributed by atoms with E-state index in [0.29, 0.717) is 12.4 Å². The van der Waals surface area contributed by atoms with Crippen LogP contribution in [0, 0.1) is 0 Å². The molecule has 1 aliphatic rings. The van der Waals surface area contributed by atoms with Gasteiger partial charge in [-0.3, -0.25) is 0 Å².